The van der Waals surface area contributed by atoms with E-state index in [9.17, 15) is 26.3 Å². The molecule has 2 aromatic carbocycles. The number of halogens is 6. The van der Waals surface area contributed by atoms with Crippen LogP contribution in [-0.4, -0.2) is 18.2 Å². The summed E-state index contributed by atoms with van der Waals surface area (Å²) in [5.41, 5.74) is -3.15. The number of benzene rings is 2. The van der Waals surface area contributed by atoms with Gasteiger partial charge in [0.15, 0.2) is 11.5 Å². The third kappa shape index (κ3) is 3.21. The summed E-state index contributed by atoms with van der Waals surface area (Å²) in [6.07, 6.45) is -9.75. The highest BCUT2D eigenvalue weighted by Crippen LogP contribution is 2.42. The van der Waals surface area contributed by atoms with Crippen molar-refractivity contribution >= 4 is 10.9 Å². The average molecular weight is 399 g/mol. The zero-order valence-electron chi connectivity index (χ0n) is 14.0. The van der Waals surface area contributed by atoms with Gasteiger partial charge < -0.3 is 9.47 Å². The first-order valence-corrected chi connectivity index (χ1v) is 8.13. The number of aromatic nitrogens is 1. The van der Waals surface area contributed by atoms with Crippen molar-refractivity contribution in [2.75, 3.05) is 13.2 Å². The van der Waals surface area contributed by atoms with Crippen LogP contribution in [0.4, 0.5) is 26.3 Å². The Hall–Kier alpha value is -2.97. The Labute approximate surface area is 154 Å². The highest BCUT2D eigenvalue weighted by Gasteiger charge is 2.37. The number of pyridine rings is 1. The van der Waals surface area contributed by atoms with Gasteiger partial charge in [0, 0.05) is 5.39 Å². The Bertz CT molecular complexity index is 1060. The van der Waals surface area contributed by atoms with E-state index in [-0.39, 0.29) is 23.1 Å². The van der Waals surface area contributed by atoms with E-state index in [0.717, 1.165) is 12.1 Å². The molecule has 0 bridgehead atoms. The lowest BCUT2D eigenvalue weighted by Gasteiger charge is -2.20. The van der Waals surface area contributed by atoms with Crippen molar-refractivity contribution in [3.8, 4) is 22.6 Å². The second-order valence-corrected chi connectivity index (χ2v) is 6.11. The standard InChI is InChI=1S/C19H11F6NO2/c20-18(21,22)13-3-1-2-11-12(9-16(19(23,24)25)26-17(11)13)10-4-5-14-15(8-10)28-7-6-27-14/h1-5,8-9H,6-7H2. The van der Waals surface area contributed by atoms with Crippen molar-refractivity contribution in [1.29, 1.82) is 0 Å². The van der Waals surface area contributed by atoms with E-state index < -0.39 is 29.1 Å². The molecule has 0 saturated carbocycles. The molecular weight excluding hydrogens is 388 g/mol. The maximum Gasteiger partial charge on any atom is 0.433 e. The first-order valence-electron chi connectivity index (χ1n) is 8.13. The number of rotatable bonds is 1. The molecule has 0 saturated heterocycles. The van der Waals surface area contributed by atoms with Crippen molar-refractivity contribution in [3.05, 3.63) is 53.7 Å². The molecule has 1 aliphatic heterocycles. The molecule has 0 N–H and O–H groups in total. The molecular formula is C19H11F6NO2. The number of alkyl halides is 6. The topological polar surface area (TPSA) is 31.4 Å². The molecule has 4 rings (SSSR count). The van der Waals surface area contributed by atoms with Crippen LogP contribution in [0.5, 0.6) is 11.5 Å². The van der Waals surface area contributed by atoms with Gasteiger partial charge in [-0.2, -0.15) is 26.3 Å². The summed E-state index contributed by atoms with van der Waals surface area (Å²) in [6, 6.07) is 8.34. The Balaban J connectivity index is 2.02. The van der Waals surface area contributed by atoms with Crippen molar-refractivity contribution < 1.29 is 35.8 Å². The van der Waals surface area contributed by atoms with Crippen LogP contribution in [0.25, 0.3) is 22.0 Å². The third-order valence-corrected chi connectivity index (χ3v) is 4.29. The fourth-order valence-electron chi connectivity index (χ4n) is 3.07. The molecule has 0 aliphatic carbocycles. The zero-order chi connectivity index (χ0) is 20.1. The molecule has 0 atom stereocenters. The van der Waals surface area contributed by atoms with Crippen LogP contribution in [0.3, 0.4) is 0 Å². The summed E-state index contributed by atoms with van der Waals surface area (Å²) in [6.45, 7) is 0.595. The van der Waals surface area contributed by atoms with E-state index in [4.69, 9.17) is 9.47 Å². The largest absolute Gasteiger partial charge is 0.486 e. The molecule has 0 amide bonds. The van der Waals surface area contributed by atoms with Gasteiger partial charge in [0.25, 0.3) is 0 Å². The second-order valence-electron chi connectivity index (χ2n) is 6.11. The van der Waals surface area contributed by atoms with E-state index in [0.29, 0.717) is 24.2 Å². The van der Waals surface area contributed by atoms with Crippen molar-refractivity contribution in [1.82, 2.24) is 4.98 Å². The normalized spacial score (nSPS) is 14.4. The third-order valence-electron chi connectivity index (χ3n) is 4.29. The molecule has 0 radical (unpaired) electrons. The van der Waals surface area contributed by atoms with Crippen LogP contribution in [0.2, 0.25) is 0 Å². The molecule has 3 nitrogen and oxygen atoms in total. The van der Waals surface area contributed by atoms with Crippen LogP contribution in [0.1, 0.15) is 11.3 Å². The molecule has 0 fully saturated rings. The fraction of sp³-hybridized carbons (Fsp3) is 0.211. The summed E-state index contributed by atoms with van der Waals surface area (Å²) in [5, 5.41) is -0.0421. The summed E-state index contributed by atoms with van der Waals surface area (Å²) < 4.78 is 90.8. The maximum atomic E-state index is 13.3. The molecule has 146 valence electrons. The lowest BCUT2D eigenvalue weighted by Crippen LogP contribution is -2.15. The first kappa shape index (κ1) is 18.4. The molecule has 3 aromatic rings. The van der Waals surface area contributed by atoms with Crippen LogP contribution in [0.15, 0.2) is 42.5 Å². The van der Waals surface area contributed by atoms with E-state index in [2.05, 4.69) is 4.98 Å². The molecule has 0 unspecified atom stereocenters. The molecule has 9 heteroatoms. The van der Waals surface area contributed by atoms with Gasteiger partial charge in [-0.1, -0.05) is 18.2 Å². The average Bonchev–Trinajstić information content (AvgIpc) is 2.64. The van der Waals surface area contributed by atoms with Crippen LogP contribution >= 0.6 is 0 Å². The highest BCUT2D eigenvalue weighted by molar-refractivity contribution is 5.97. The van der Waals surface area contributed by atoms with Gasteiger partial charge in [-0.15, -0.1) is 0 Å². The summed E-state index contributed by atoms with van der Waals surface area (Å²) in [7, 11) is 0. The van der Waals surface area contributed by atoms with Gasteiger partial charge in [-0.25, -0.2) is 4.98 Å². The highest BCUT2D eigenvalue weighted by atomic mass is 19.4. The number of hydrogen-bond acceptors (Lipinski definition) is 3. The smallest absolute Gasteiger partial charge is 0.433 e. The number of ether oxygens (including phenoxy) is 2. The van der Waals surface area contributed by atoms with Gasteiger partial charge in [0.1, 0.15) is 18.9 Å². The monoisotopic (exact) mass is 399 g/mol. The molecule has 28 heavy (non-hydrogen) atoms. The Morgan fingerprint density at radius 1 is 0.786 bits per heavy atom. The van der Waals surface area contributed by atoms with Crippen LogP contribution < -0.4 is 9.47 Å². The van der Waals surface area contributed by atoms with Gasteiger partial charge in [-0.3, -0.25) is 0 Å². The minimum Gasteiger partial charge on any atom is -0.486 e. The second kappa shape index (κ2) is 6.29. The quantitative estimate of drug-likeness (QED) is 0.491. The number of para-hydroxylation sites is 1. The van der Waals surface area contributed by atoms with Crippen molar-refractivity contribution in [3.63, 3.8) is 0 Å². The van der Waals surface area contributed by atoms with Gasteiger partial charge in [0.05, 0.1) is 11.1 Å². The van der Waals surface area contributed by atoms with Gasteiger partial charge in [0.2, 0.25) is 0 Å². The number of nitrogens with zero attached hydrogens (tertiary/aromatic N) is 1. The predicted molar refractivity (Wildman–Crippen MR) is 88.2 cm³/mol. The van der Waals surface area contributed by atoms with Crippen LogP contribution in [0, 0.1) is 0 Å². The van der Waals surface area contributed by atoms with Crippen LogP contribution in [-0.2, 0) is 12.4 Å². The first-order chi connectivity index (χ1) is 13.1. The minimum atomic E-state index is -4.91. The Kier molecular flexibility index (Phi) is 4.13. The summed E-state index contributed by atoms with van der Waals surface area (Å²) in [5.74, 6) is 0.731. The number of fused-ring (bicyclic) bond motifs is 2. The zero-order valence-corrected chi connectivity index (χ0v) is 14.0. The minimum absolute atomic E-state index is 0.0274. The van der Waals surface area contributed by atoms with Gasteiger partial charge >= 0.3 is 12.4 Å². The van der Waals surface area contributed by atoms with E-state index in [1.807, 2.05) is 0 Å². The lowest BCUT2D eigenvalue weighted by atomic mass is 9.97. The Morgan fingerprint density at radius 3 is 2.18 bits per heavy atom. The molecule has 1 aromatic heterocycles. The number of hydrogen-bond donors (Lipinski definition) is 0. The molecule has 0 spiro atoms. The van der Waals surface area contributed by atoms with E-state index in [1.165, 1.54) is 24.3 Å². The van der Waals surface area contributed by atoms with Crippen molar-refractivity contribution in [2.45, 2.75) is 12.4 Å². The van der Waals surface area contributed by atoms with E-state index >= 15 is 0 Å². The summed E-state index contributed by atoms with van der Waals surface area (Å²) >= 11 is 0. The SMILES string of the molecule is FC(F)(F)c1cc(-c2ccc3c(c2)OCCO3)c2cccc(C(F)(F)F)c2n1. The Morgan fingerprint density at radius 2 is 1.50 bits per heavy atom. The molecule has 1 aliphatic rings. The predicted octanol–water partition coefficient (Wildman–Crippen LogP) is 5.71. The summed E-state index contributed by atoms with van der Waals surface area (Å²) in [4.78, 5) is 3.29. The van der Waals surface area contributed by atoms with Crippen molar-refractivity contribution in [2.24, 2.45) is 0 Å². The maximum absolute atomic E-state index is 13.3. The molecule has 2 heterocycles. The van der Waals surface area contributed by atoms with E-state index in [1.54, 1.807) is 0 Å². The fourth-order valence-corrected chi connectivity index (χ4v) is 3.07. The van der Waals surface area contributed by atoms with Gasteiger partial charge in [-0.05, 0) is 35.4 Å². The lowest BCUT2D eigenvalue weighted by molar-refractivity contribution is -0.142.